The fraction of sp³-hybridized carbons (Fsp3) is 0.0741. The first-order valence-corrected chi connectivity index (χ1v) is 11.0. The molecular formula is C27H19F3N4O2. The number of nitrogens with zero attached hydrogens (tertiary/aromatic N) is 2. The summed E-state index contributed by atoms with van der Waals surface area (Å²) in [5.74, 6) is 0.227. The van der Waals surface area contributed by atoms with Crippen molar-refractivity contribution in [2.24, 2.45) is 0 Å². The second-order valence-corrected chi connectivity index (χ2v) is 8.27. The van der Waals surface area contributed by atoms with Crippen LogP contribution in [0.1, 0.15) is 11.1 Å². The van der Waals surface area contributed by atoms with Crippen LogP contribution in [0.25, 0.3) is 33.5 Å². The highest BCUT2D eigenvalue weighted by atomic mass is 19.4. The summed E-state index contributed by atoms with van der Waals surface area (Å²) in [5.41, 5.74) is 3.75. The first-order chi connectivity index (χ1) is 17.2. The lowest BCUT2D eigenvalue weighted by atomic mass is 10.0. The lowest BCUT2D eigenvalue weighted by molar-refractivity contribution is -0.605. The molecule has 0 fully saturated rings. The molecule has 180 valence electrons. The topological polar surface area (TPSA) is 84.7 Å². The average Bonchev–Trinajstić information content (AvgIpc) is 3.28. The van der Waals surface area contributed by atoms with Gasteiger partial charge in [-0.25, -0.2) is 4.98 Å². The fourth-order valence-corrected chi connectivity index (χ4v) is 3.91. The molecule has 0 saturated heterocycles. The van der Waals surface area contributed by atoms with Crippen LogP contribution in [0.2, 0.25) is 0 Å². The zero-order chi connectivity index (χ0) is 25.3. The number of hydrogen-bond donors (Lipinski definition) is 2. The predicted molar refractivity (Wildman–Crippen MR) is 130 cm³/mol. The second-order valence-electron chi connectivity index (χ2n) is 8.27. The molecule has 0 radical (unpaired) electrons. The number of amides is 1. The van der Waals surface area contributed by atoms with Crippen LogP contribution in [-0.2, 0) is 17.4 Å². The molecule has 0 spiro atoms. The molecule has 0 aliphatic heterocycles. The van der Waals surface area contributed by atoms with Gasteiger partial charge in [0, 0.05) is 22.9 Å². The third-order valence-corrected chi connectivity index (χ3v) is 5.65. The van der Waals surface area contributed by atoms with E-state index in [0.29, 0.717) is 32.8 Å². The van der Waals surface area contributed by atoms with E-state index in [9.17, 15) is 23.2 Å². The zero-order valence-corrected chi connectivity index (χ0v) is 18.7. The third kappa shape index (κ3) is 5.05. The number of pyridine rings is 1. The molecule has 0 bridgehead atoms. The largest absolute Gasteiger partial charge is 0.619 e. The number of H-pyrrole nitrogens is 1. The van der Waals surface area contributed by atoms with Crippen molar-refractivity contribution < 1.29 is 22.7 Å². The number of carbonyl (C=O) groups is 1. The van der Waals surface area contributed by atoms with E-state index >= 15 is 0 Å². The van der Waals surface area contributed by atoms with Gasteiger partial charge in [0.1, 0.15) is 5.82 Å². The van der Waals surface area contributed by atoms with Crippen molar-refractivity contribution in [1.82, 2.24) is 9.97 Å². The van der Waals surface area contributed by atoms with Gasteiger partial charge in [-0.15, -0.1) is 0 Å². The van der Waals surface area contributed by atoms with E-state index in [1.165, 1.54) is 18.5 Å². The molecule has 2 heterocycles. The number of carbonyl (C=O) groups excluding carboxylic acids is 1. The number of rotatable bonds is 5. The SMILES string of the molecule is O=C(Cc1ccc[n+]([O-])c1)Nc1ccc(-c2cccc(-c3nc4ccc(C(F)(F)F)cc4[nH]3)c2)cc1. The van der Waals surface area contributed by atoms with Gasteiger partial charge >= 0.3 is 6.18 Å². The lowest BCUT2D eigenvalue weighted by Gasteiger charge is -2.08. The summed E-state index contributed by atoms with van der Waals surface area (Å²) in [6, 6.07) is 21.5. The quantitative estimate of drug-likeness (QED) is 0.245. The lowest BCUT2D eigenvalue weighted by Crippen LogP contribution is -2.26. The number of imidazole rings is 1. The van der Waals surface area contributed by atoms with Crippen LogP contribution in [0.3, 0.4) is 0 Å². The van der Waals surface area contributed by atoms with Crippen molar-refractivity contribution in [3.63, 3.8) is 0 Å². The van der Waals surface area contributed by atoms with Crippen LogP contribution in [0.5, 0.6) is 0 Å². The summed E-state index contributed by atoms with van der Waals surface area (Å²) in [5, 5.41) is 14.2. The molecule has 2 N–H and O–H groups in total. The first-order valence-electron chi connectivity index (χ1n) is 11.0. The maximum atomic E-state index is 13.0. The summed E-state index contributed by atoms with van der Waals surface area (Å²) in [7, 11) is 0. The van der Waals surface area contributed by atoms with E-state index in [4.69, 9.17) is 0 Å². The van der Waals surface area contributed by atoms with Gasteiger partial charge in [-0.2, -0.15) is 17.9 Å². The Morgan fingerprint density at radius 3 is 2.47 bits per heavy atom. The Morgan fingerprint density at radius 1 is 0.944 bits per heavy atom. The summed E-state index contributed by atoms with van der Waals surface area (Å²) in [4.78, 5) is 19.7. The molecule has 6 nitrogen and oxygen atoms in total. The van der Waals surface area contributed by atoms with Crippen LogP contribution in [-0.4, -0.2) is 15.9 Å². The number of anilines is 1. The van der Waals surface area contributed by atoms with Crippen molar-refractivity contribution in [3.8, 4) is 22.5 Å². The number of benzene rings is 3. The van der Waals surface area contributed by atoms with Gasteiger partial charge in [0.15, 0.2) is 12.4 Å². The van der Waals surface area contributed by atoms with Gasteiger partial charge < -0.3 is 15.5 Å². The normalized spacial score (nSPS) is 11.5. The number of hydrogen-bond acceptors (Lipinski definition) is 3. The monoisotopic (exact) mass is 488 g/mol. The maximum Gasteiger partial charge on any atom is 0.416 e. The van der Waals surface area contributed by atoms with Crippen LogP contribution in [0.15, 0.2) is 91.3 Å². The average molecular weight is 488 g/mol. The maximum absolute atomic E-state index is 13.0. The molecule has 0 saturated carbocycles. The van der Waals surface area contributed by atoms with Crippen molar-refractivity contribution >= 4 is 22.6 Å². The Labute approximate surface area is 203 Å². The smallest absolute Gasteiger partial charge is 0.416 e. The van der Waals surface area contributed by atoms with Crippen molar-refractivity contribution in [2.75, 3.05) is 5.32 Å². The van der Waals surface area contributed by atoms with Crippen LogP contribution in [0, 0.1) is 5.21 Å². The highest BCUT2D eigenvalue weighted by molar-refractivity contribution is 5.92. The molecule has 2 aromatic heterocycles. The van der Waals surface area contributed by atoms with E-state index in [-0.39, 0.29) is 12.3 Å². The molecule has 5 aromatic rings. The summed E-state index contributed by atoms with van der Waals surface area (Å²) >= 11 is 0. The highest BCUT2D eigenvalue weighted by Gasteiger charge is 2.30. The van der Waals surface area contributed by atoms with Crippen LogP contribution < -0.4 is 10.0 Å². The molecule has 36 heavy (non-hydrogen) atoms. The van der Waals surface area contributed by atoms with Gasteiger partial charge in [0.25, 0.3) is 0 Å². The Balaban J connectivity index is 1.33. The number of nitrogens with one attached hydrogen (secondary N) is 2. The fourth-order valence-electron chi connectivity index (χ4n) is 3.91. The molecule has 0 aliphatic carbocycles. The number of alkyl halides is 3. The van der Waals surface area contributed by atoms with Gasteiger partial charge in [-0.1, -0.05) is 30.3 Å². The molecule has 0 atom stereocenters. The van der Waals surface area contributed by atoms with Crippen molar-refractivity contribution in [2.45, 2.75) is 12.6 Å². The standard InChI is InChI=1S/C27H19F3N4O2/c28-27(29,30)21-8-11-23-24(15-21)33-26(32-23)20-5-1-4-19(14-20)18-6-9-22(10-7-18)31-25(35)13-17-3-2-12-34(36)16-17/h1-12,14-16H,13H2,(H,31,35)(H,32,33). The Bertz CT molecular complexity index is 1560. The zero-order valence-electron chi connectivity index (χ0n) is 18.7. The third-order valence-electron chi connectivity index (χ3n) is 5.65. The molecule has 1 amide bonds. The molecule has 5 rings (SSSR count). The molecule has 0 aliphatic rings. The van der Waals surface area contributed by atoms with E-state index in [1.54, 1.807) is 24.3 Å². The van der Waals surface area contributed by atoms with Gasteiger partial charge in [-0.3, -0.25) is 4.79 Å². The molecule has 3 aromatic carbocycles. The van der Waals surface area contributed by atoms with Crippen molar-refractivity contribution in [1.29, 1.82) is 0 Å². The van der Waals surface area contributed by atoms with Gasteiger partial charge in [-0.05, 0) is 53.6 Å². The summed E-state index contributed by atoms with van der Waals surface area (Å²) in [6.45, 7) is 0. The Morgan fingerprint density at radius 2 is 1.72 bits per heavy atom. The van der Waals surface area contributed by atoms with E-state index < -0.39 is 11.7 Å². The minimum Gasteiger partial charge on any atom is -0.619 e. The van der Waals surface area contributed by atoms with E-state index in [1.807, 2.05) is 36.4 Å². The summed E-state index contributed by atoms with van der Waals surface area (Å²) < 4.78 is 39.7. The van der Waals surface area contributed by atoms with E-state index in [2.05, 4.69) is 15.3 Å². The van der Waals surface area contributed by atoms with Gasteiger partial charge in [0.05, 0.1) is 23.0 Å². The van der Waals surface area contributed by atoms with Crippen LogP contribution in [0.4, 0.5) is 18.9 Å². The minimum absolute atomic E-state index is 0.0782. The Kier molecular flexibility index (Phi) is 5.89. The molecule has 9 heteroatoms. The first kappa shape index (κ1) is 23.1. The number of aromatic nitrogens is 3. The van der Waals surface area contributed by atoms with Gasteiger partial charge in [0.2, 0.25) is 5.91 Å². The molecular weight excluding hydrogens is 469 g/mol. The highest BCUT2D eigenvalue weighted by Crippen LogP contribution is 2.32. The van der Waals surface area contributed by atoms with E-state index in [0.717, 1.165) is 28.8 Å². The number of halogens is 3. The predicted octanol–water partition coefficient (Wildman–Crippen LogP) is 5.73. The summed E-state index contributed by atoms with van der Waals surface area (Å²) in [6.07, 6.45) is -1.64. The minimum atomic E-state index is -4.42. The Hall–Kier alpha value is -4.66. The second kappa shape index (κ2) is 9.18. The van der Waals surface area contributed by atoms with Crippen LogP contribution >= 0.6 is 0 Å². The van der Waals surface area contributed by atoms with Crippen molar-refractivity contribution in [3.05, 3.63) is 108 Å². The number of aromatic amines is 1. The number of fused-ring (bicyclic) bond motifs is 1. The molecule has 0 unspecified atom stereocenters.